The van der Waals surface area contributed by atoms with E-state index in [-0.39, 0.29) is 0 Å². The van der Waals surface area contributed by atoms with Crippen LogP contribution in [0.4, 0.5) is 5.13 Å². The van der Waals surface area contributed by atoms with Crippen molar-refractivity contribution in [1.29, 1.82) is 0 Å². The third-order valence-corrected chi connectivity index (χ3v) is 3.34. The van der Waals surface area contributed by atoms with E-state index in [1.54, 1.807) is 18.2 Å². The van der Waals surface area contributed by atoms with E-state index in [9.17, 15) is 4.79 Å². The Kier molecular flexibility index (Phi) is 3.31. The highest BCUT2D eigenvalue weighted by atomic mass is 35.5. The van der Waals surface area contributed by atoms with Gasteiger partial charge in [0.2, 0.25) is 0 Å². The molecule has 0 fully saturated rings. The van der Waals surface area contributed by atoms with E-state index in [1.807, 2.05) is 6.07 Å². The highest BCUT2D eigenvalue weighted by Crippen LogP contribution is 2.34. The standard InChI is InChI=1S/C11H9ClN2O2S/c1-16-10(15)9-8(14-11(13)17-9)6-4-2-3-5-7(6)12/h2-5H,1H3,(H2,13,14). The van der Waals surface area contributed by atoms with Crippen LogP contribution >= 0.6 is 22.9 Å². The van der Waals surface area contributed by atoms with Crippen LogP contribution in [0.15, 0.2) is 24.3 Å². The molecule has 17 heavy (non-hydrogen) atoms. The smallest absolute Gasteiger partial charge is 0.350 e. The summed E-state index contributed by atoms with van der Waals surface area (Å²) in [5.74, 6) is -0.464. The van der Waals surface area contributed by atoms with Gasteiger partial charge in [0.15, 0.2) is 5.13 Å². The number of carbonyl (C=O) groups is 1. The molecule has 0 saturated heterocycles. The Morgan fingerprint density at radius 2 is 2.18 bits per heavy atom. The van der Waals surface area contributed by atoms with Crippen LogP contribution in [0.5, 0.6) is 0 Å². The molecular formula is C11H9ClN2O2S. The average molecular weight is 269 g/mol. The number of nitrogens with two attached hydrogens (primary N) is 1. The molecule has 0 atom stereocenters. The quantitative estimate of drug-likeness (QED) is 0.851. The number of ether oxygens (including phenoxy) is 1. The Bertz CT molecular complexity index is 568. The number of nitrogens with zero attached hydrogens (tertiary/aromatic N) is 1. The fourth-order valence-corrected chi connectivity index (χ4v) is 2.39. The van der Waals surface area contributed by atoms with E-state index in [0.29, 0.717) is 26.3 Å². The number of carbonyl (C=O) groups excluding carboxylic acids is 1. The molecule has 0 aliphatic carbocycles. The Balaban J connectivity index is 2.60. The van der Waals surface area contributed by atoms with Crippen molar-refractivity contribution in [3.63, 3.8) is 0 Å². The van der Waals surface area contributed by atoms with Crippen LogP contribution < -0.4 is 5.73 Å². The van der Waals surface area contributed by atoms with Gasteiger partial charge in [-0.25, -0.2) is 9.78 Å². The number of halogens is 1. The third-order valence-electron chi connectivity index (χ3n) is 2.14. The zero-order chi connectivity index (χ0) is 12.4. The SMILES string of the molecule is COC(=O)c1sc(N)nc1-c1ccccc1Cl. The Morgan fingerprint density at radius 1 is 1.47 bits per heavy atom. The van der Waals surface area contributed by atoms with Crippen molar-refractivity contribution in [2.45, 2.75) is 0 Å². The van der Waals surface area contributed by atoms with Gasteiger partial charge in [-0.05, 0) is 6.07 Å². The first-order valence-electron chi connectivity index (χ1n) is 4.73. The summed E-state index contributed by atoms with van der Waals surface area (Å²) >= 11 is 7.14. The molecule has 88 valence electrons. The van der Waals surface area contributed by atoms with Crippen molar-refractivity contribution >= 4 is 34.0 Å². The molecule has 0 bridgehead atoms. The second kappa shape index (κ2) is 4.73. The summed E-state index contributed by atoms with van der Waals surface area (Å²) in [6.45, 7) is 0. The molecule has 0 saturated carbocycles. The molecule has 0 radical (unpaired) electrons. The monoisotopic (exact) mass is 268 g/mol. The number of thiazole rings is 1. The van der Waals surface area contributed by atoms with Crippen LogP contribution in [-0.4, -0.2) is 18.1 Å². The van der Waals surface area contributed by atoms with Gasteiger partial charge in [0.05, 0.1) is 17.8 Å². The third kappa shape index (κ3) is 2.25. The van der Waals surface area contributed by atoms with Crippen LogP contribution in [0.25, 0.3) is 11.3 Å². The number of methoxy groups -OCH3 is 1. The molecule has 1 aromatic heterocycles. The summed E-state index contributed by atoms with van der Waals surface area (Å²) in [6, 6.07) is 7.13. The van der Waals surface area contributed by atoms with Crippen molar-refractivity contribution in [3.05, 3.63) is 34.2 Å². The number of rotatable bonds is 2. The maximum Gasteiger partial charge on any atom is 0.350 e. The Morgan fingerprint density at radius 3 is 2.82 bits per heavy atom. The number of esters is 1. The van der Waals surface area contributed by atoms with Crippen LogP contribution in [0.3, 0.4) is 0 Å². The fourth-order valence-electron chi connectivity index (χ4n) is 1.40. The highest BCUT2D eigenvalue weighted by molar-refractivity contribution is 7.17. The minimum atomic E-state index is -0.464. The maximum absolute atomic E-state index is 11.6. The van der Waals surface area contributed by atoms with Gasteiger partial charge in [-0.3, -0.25) is 0 Å². The molecule has 2 aromatic rings. The minimum absolute atomic E-state index is 0.306. The van der Waals surface area contributed by atoms with Gasteiger partial charge in [-0.1, -0.05) is 41.1 Å². The second-order valence-electron chi connectivity index (χ2n) is 3.20. The molecule has 6 heteroatoms. The lowest BCUT2D eigenvalue weighted by Gasteiger charge is -2.02. The van der Waals surface area contributed by atoms with E-state index >= 15 is 0 Å². The zero-order valence-electron chi connectivity index (χ0n) is 8.94. The van der Waals surface area contributed by atoms with Crippen molar-refractivity contribution in [2.75, 3.05) is 12.8 Å². The van der Waals surface area contributed by atoms with E-state index in [1.165, 1.54) is 7.11 Å². The normalized spacial score (nSPS) is 10.2. The molecule has 0 spiro atoms. The molecule has 0 amide bonds. The van der Waals surface area contributed by atoms with E-state index in [2.05, 4.69) is 9.72 Å². The lowest BCUT2D eigenvalue weighted by Crippen LogP contribution is -2.00. The van der Waals surface area contributed by atoms with Gasteiger partial charge in [0.25, 0.3) is 0 Å². The summed E-state index contributed by atoms with van der Waals surface area (Å²) in [4.78, 5) is 16.1. The van der Waals surface area contributed by atoms with Gasteiger partial charge in [-0.2, -0.15) is 0 Å². The molecule has 4 nitrogen and oxygen atoms in total. The molecule has 1 aromatic carbocycles. The average Bonchev–Trinajstić information content (AvgIpc) is 2.71. The van der Waals surface area contributed by atoms with E-state index < -0.39 is 5.97 Å². The molecule has 0 aliphatic heterocycles. The van der Waals surface area contributed by atoms with Gasteiger partial charge in [0.1, 0.15) is 4.88 Å². The molecule has 2 N–H and O–H groups in total. The number of hydrogen-bond acceptors (Lipinski definition) is 5. The molecule has 1 heterocycles. The lowest BCUT2D eigenvalue weighted by atomic mass is 10.1. The van der Waals surface area contributed by atoms with Crippen LogP contribution in [0.2, 0.25) is 5.02 Å². The number of aromatic nitrogens is 1. The van der Waals surface area contributed by atoms with E-state index in [0.717, 1.165) is 11.3 Å². The van der Waals surface area contributed by atoms with Gasteiger partial charge in [-0.15, -0.1) is 0 Å². The van der Waals surface area contributed by atoms with E-state index in [4.69, 9.17) is 17.3 Å². The van der Waals surface area contributed by atoms with Crippen molar-refractivity contribution in [2.24, 2.45) is 0 Å². The predicted octanol–water partition coefficient (Wildman–Crippen LogP) is 2.83. The summed E-state index contributed by atoms with van der Waals surface area (Å²) in [7, 11) is 1.31. The molecular weight excluding hydrogens is 260 g/mol. The highest BCUT2D eigenvalue weighted by Gasteiger charge is 2.20. The largest absolute Gasteiger partial charge is 0.465 e. The first-order valence-corrected chi connectivity index (χ1v) is 5.92. The fraction of sp³-hybridized carbons (Fsp3) is 0.0909. The first-order chi connectivity index (χ1) is 8.13. The van der Waals surface area contributed by atoms with Crippen LogP contribution in [0, 0.1) is 0 Å². The number of hydrogen-bond donors (Lipinski definition) is 1. The Labute approximate surface area is 107 Å². The summed E-state index contributed by atoms with van der Waals surface area (Å²) < 4.78 is 4.68. The van der Waals surface area contributed by atoms with Crippen molar-refractivity contribution in [3.8, 4) is 11.3 Å². The molecule has 0 aliphatic rings. The number of anilines is 1. The van der Waals surface area contributed by atoms with Gasteiger partial charge >= 0.3 is 5.97 Å². The summed E-state index contributed by atoms with van der Waals surface area (Å²) in [6.07, 6.45) is 0. The topological polar surface area (TPSA) is 65.2 Å². The summed E-state index contributed by atoms with van der Waals surface area (Å²) in [5, 5.41) is 0.822. The first kappa shape index (κ1) is 11.9. The second-order valence-corrected chi connectivity index (χ2v) is 4.64. The predicted molar refractivity (Wildman–Crippen MR) is 68.3 cm³/mol. The number of benzene rings is 1. The van der Waals surface area contributed by atoms with Crippen molar-refractivity contribution in [1.82, 2.24) is 4.98 Å². The zero-order valence-corrected chi connectivity index (χ0v) is 10.5. The molecule has 2 rings (SSSR count). The van der Waals surface area contributed by atoms with Crippen LogP contribution in [-0.2, 0) is 4.74 Å². The van der Waals surface area contributed by atoms with Crippen molar-refractivity contribution < 1.29 is 9.53 Å². The lowest BCUT2D eigenvalue weighted by molar-refractivity contribution is 0.0607. The maximum atomic E-state index is 11.6. The minimum Gasteiger partial charge on any atom is -0.465 e. The van der Waals surface area contributed by atoms with Gasteiger partial charge in [0, 0.05) is 5.56 Å². The Hall–Kier alpha value is -1.59. The molecule has 0 unspecified atom stereocenters. The van der Waals surface area contributed by atoms with Crippen LogP contribution in [0.1, 0.15) is 9.67 Å². The summed E-state index contributed by atoms with van der Waals surface area (Å²) in [5.41, 5.74) is 6.75. The number of nitrogen functional groups attached to an aromatic ring is 1. The van der Waals surface area contributed by atoms with Gasteiger partial charge < -0.3 is 10.5 Å².